The molecule has 4 aromatic rings. The van der Waals surface area contributed by atoms with Crippen LogP contribution in [-0.2, 0) is 21.2 Å². The van der Waals surface area contributed by atoms with Gasteiger partial charge in [-0.15, -0.1) is 0 Å². The van der Waals surface area contributed by atoms with Crippen LogP contribution in [0, 0.1) is 5.82 Å². The number of fused-ring (bicyclic) bond motifs is 2. The molecule has 1 saturated heterocycles. The van der Waals surface area contributed by atoms with E-state index in [1.165, 1.54) is 33.8 Å². The summed E-state index contributed by atoms with van der Waals surface area (Å²) in [6, 6.07) is 18.4. The van der Waals surface area contributed by atoms with Crippen molar-refractivity contribution < 1.29 is 22.3 Å². The minimum atomic E-state index is -3.80. The van der Waals surface area contributed by atoms with E-state index in [9.17, 15) is 17.6 Å². The van der Waals surface area contributed by atoms with Crippen LogP contribution in [0.5, 0.6) is 0 Å². The summed E-state index contributed by atoms with van der Waals surface area (Å²) in [5.41, 5.74) is 2.29. The molecule has 2 aliphatic heterocycles. The van der Waals surface area contributed by atoms with Crippen LogP contribution in [0.15, 0.2) is 71.6 Å². The Hall–Kier alpha value is -3.38. The van der Waals surface area contributed by atoms with E-state index >= 15 is 0 Å². The molecule has 41 heavy (non-hydrogen) atoms. The number of para-hydroxylation sites is 2. The number of ether oxygens (including phenoxy) is 1. The molecule has 1 aromatic heterocycles. The molecule has 0 N–H and O–H groups in total. The molecule has 1 fully saturated rings. The number of amides is 1. The maximum Gasteiger partial charge on any atom is 0.264 e. The van der Waals surface area contributed by atoms with Gasteiger partial charge in [0.2, 0.25) is 0 Å². The summed E-state index contributed by atoms with van der Waals surface area (Å²) < 4.78 is 49.2. The number of rotatable bonds is 8. The predicted octanol–water partition coefficient (Wildman–Crippen LogP) is 4.95. The Morgan fingerprint density at radius 3 is 2.56 bits per heavy atom. The third kappa shape index (κ3) is 5.72. The number of aromatic nitrogens is 1. The second-order valence-electron chi connectivity index (χ2n) is 10.2. The highest BCUT2D eigenvalue weighted by atomic mass is 32.2. The quantitative estimate of drug-likeness (QED) is 0.287. The van der Waals surface area contributed by atoms with Crippen molar-refractivity contribution in [2.75, 3.05) is 55.1 Å². The van der Waals surface area contributed by atoms with Crippen LogP contribution < -0.4 is 9.21 Å². The molecule has 0 unspecified atom stereocenters. The van der Waals surface area contributed by atoms with Crippen LogP contribution >= 0.6 is 11.3 Å². The van der Waals surface area contributed by atoms with Crippen molar-refractivity contribution >= 4 is 48.3 Å². The van der Waals surface area contributed by atoms with Gasteiger partial charge in [-0.05, 0) is 67.3 Å². The van der Waals surface area contributed by atoms with Crippen molar-refractivity contribution in [3.05, 3.63) is 83.7 Å². The van der Waals surface area contributed by atoms with Gasteiger partial charge >= 0.3 is 0 Å². The second-order valence-corrected chi connectivity index (χ2v) is 13.1. The van der Waals surface area contributed by atoms with Gasteiger partial charge in [0.15, 0.2) is 5.13 Å². The molecule has 0 spiro atoms. The number of hydrogen-bond acceptors (Lipinski definition) is 7. The molecule has 3 aromatic carbocycles. The first-order valence-corrected chi connectivity index (χ1v) is 16.1. The third-order valence-electron chi connectivity index (χ3n) is 7.55. The number of carbonyl (C=O) groups is 1. The average molecular weight is 595 g/mol. The molecular formula is C30H31FN4O4S2. The molecule has 8 nitrogen and oxygen atoms in total. The first kappa shape index (κ1) is 27.8. The number of halogens is 1. The molecule has 3 heterocycles. The number of anilines is 2. The zero-order valence-electron chi connectivity index (χ0n) is 22.5. The summed E-state index contributed by atoms with van der Waals surface area (Å²) in [7, 11) is -3.80. The van der Waals surface area contributed by atoms with Crippen molar-refractivity contribution in [1.29, 1.82) is 0 Å². The smallest absolute Gasteiger partial charge is 0.264 e. The Balaban J connectivity index is 1.25. The van der Waals surface area contributed by atoms with Crippen LogP contribution in [0.1, 0.15) is 28.8 Å². The monoisotopic (exact) mass is 594 g/mol. The van der Waals surface area contributed by atoms with Gasteiger partial charge in [-0.25, -0.2) is 17.8 Å². The normalized spacial score (nSPS) is 16.1. The van der Waals surface area contributed by atoms with Crippen LogP contribution in [0.25, 0.3) is 10.2 Å². The fourth-order valence-corrected chi connectivity index (χ4v) is 7.93. The van der Waals surface area contributed by atoms with E-state index in [2.05, 4.69) is 9.88 Å². The first-order chi connectivity index (χ1) is 19.9. The van der Waals surface area contributed by atoms with Crippen molar-refractivity contribution in [3.63, 3.8) is 0 Å². The zero-order chi connectivity index (χ0) is 28.4. The van der Waals surface area contributed by atoms with Crippen molar-refractivity contribution in [3.8, 4) is 0 Å². The maximum atomic E-state index is 14.4. The number of benzene rings is 3. The minimum absolute atomic E-state index is 0.131. The van der Waals surface area contributed by atoms with E-state index in [1.54, 1.807) is 29.2 Å². The Morgan fingerprint density at radius 1 is 1.00 bits per heavy atom. The number of nitrogens with zero attached hydrogens (tertiary/aromatic N) is 4. The molecule has 0 bridgehead atoms. The molecule has 0 aliphatic carbocycles. The van der Waals surface area contributed by atoms with Crippen LogP contribution in [-0.4, -0.2) is 70.1 Å². The Morgan fingerprint density at radius 2 is 1.78 bits per heavy atom. The van der Waals surface area contributed by atoms with E-state index in [0.717, 1.165) is 38.0 Å². The molecule has 6 rings (SSSR count). The summed E-state index contributed by atoms with van der Waals surface area (Å²) >= 11 is 1.27. The summed E-state index contributed by atoms with van der Waals surface area (Å²) in [6.07, 6.45) is 2.28. The first-order valence-electron chi connectivity index (χ1n) is 13.8. The molecule has 2 aliphatic rings. The SMILES string of the molecule is O=C(c1ccc(S(=O)(=O)N2CCCc3ccccc32)cc1)N(CCCN1CCOCC1)c1nc2c(F)cccc2s1. The molecule has 0 atom stereocenters. The van der Waals surface area contributed by atoms with Gasteiger partial charge in [-0.1, -0.05) is 35.6 Å². The van der Waals surface area contributed by atoms with Gasteiger partial charge in [-0.2, -0.15) is 0 Å². The lowest BCUT2D eigenvalue weighted by atomic mass is 10.0. The lowest BCUT2D eigenvalue weighted by Crippen LogP contribution is -2.39. The van der Waals surface area contributed by atoms with Crippen LogP contribution in [0.2, 0.25) is 0 Å². The molecule has 11 heteroatoms. The lowest BCUT2D eigenvalue weighted by Gasteiger charge is -2.30. The van der Waals surface area contributed by atoms with Crippen LogP contribution in [0.3, 0.4) is 0 Å². The Kier molecular flexibility index (Phi) is 8.03. The summed E-state index contributed by atoms with van der Waals surface area (Å²) in [5.74, 6) is -0.738. The lowest BCUT2D eigenvalue weighted by molar-refractivity contribution is 0.0376. The number of hydrogen-bond donors (Lipinski definition) is 0. The van der Waals surface area contributed by atoms with E-state index in [4.69, 9.17) is 4.74 Å². The second kappa shape index (κ2) is 11.8. The molecular weight excluding hydrogens is 563 g/mol. The van der Waals surface area contributed by atoms with Gasteiger partial charge in [0, 0.05) is 38.3 Å². The fraction of sp³-hybridized carbons (Fsp3) is 0.333. The van der Waals surface area contributed by atoms with E-state index < -0.39 is 15.8 Å². The number of carbonyl (C=O) groups excluding carboxylic acids is 1. The number of aryl methyl sites for hydroxylation is 1. The number of morpholine rings is 1. The van der Waals surface area contributed by atoms with Gasteiger partial charge in [0.25, 0.3) is 15.9 Å². The standard InChI is InChI=1S/C30H31FN4O4S2/c31-25-8-3-10-27-28(25)32-30(40-27)34(16-5-15-33-18-20-39-21-19-33)29(36)23-11-13-24(14-12-23)41(37,38)35-17-4-7-22-6-1-2-9-26(22)35/h1-3,6,8-14H,4-5,7,15-21H2. The molecule has 214 valence electrons. The van der Waals surface area contributed by atoms with Gasteiger partial charge in [0.05, 0.1) is 28.5 Å². The maximum absolute atomic E-state index is 14.4. The highest BCUT2D eigenvalue weighted by molar-refractivity contribution is 7.92. The topological polar surface area (TPSA) is 83.1 Å². The van der Waals surface area contributed by atoms with Crippen molar-refractivity contribution in [2.24, 2.45) is 0 Å². The highest BCUT2D eigenvalue weighted by Gasteiger charge is 2.29. The number of thiazole rings is 1. The predicted molar refractivity (Wildman–Crippen MR) is 159 cm³/mol. The van der Waals surface area contributed by atoms with Crippen molar-refractivity contribution in [2.45, 2.75) is 24.2 Å². The zero-order valence-corrected chi connectivity index (χ0v) is 24.2. The van der Waals surface area contributed by atoms with Gasteiger partial charge in [0.1, 0.15) is 11.3 Å². The van der Waals surface area contributed by atoms with E-state index in [0.29, 0.717) is 53.8 Å². The highest BCUT2D eigenvalue weighted by Crippen LogP contribution is 2.33. The average Bonchev–Trinajstić information content (AvgIpc) is 3.45. The molecule has 1 amide bonds. The Bertz CT molecular complexity index is 1650. The summed E-state index contributed by atoms with van der Waals surface area (Å²) in [6.45, 7) is 4.67. The van der Waals surface area contributed by atoms with Gasteiger partial charge < -0.3 is 4.74 Å². The fourth-order valence-electron chi connectivity index (χ4n) is 5.38. The van der Waals surface area contributed by atoms with Gasteiger partial charge in [-0.3, -0.25) is 18.9 Å². The minimum Gasteiger partial charge on any atom is -0.379 e. The van der Waals surface area contributed by atoms with E-state index in [1.807, 2.05) is 24.3 Å². The molecule has 0 saturated carbocycles. The summed E-state index contributed by atoms with van der Waals surface area (Å²) in [5, 5.41) is 0.415. The van der Waals surface area contributed by atoms with E-state index in [-0.39, 0.29) is 16.3 Å². The Labute approximate surface area is 243 Å². The number of sulfonamides is 1. The van der Waals surface area contributed by atoms with Crippen molar-refractivity contribution in [1.82, 2.24) is 9.88 Å². The molecule has 0 radical (unpaired) electrons. The van der Waals surface area contributed by atoms with Crippen LogP contribution in [0.4, 0.5) is 15.2 Å². The summed E-state index contributed by atoms with van der Waals surface area (Å²) in [4.78, 5) is 22.3. The largest absolute Gasteiger partial charge is 0.379 e. The third-order valence-corrected chi connectivity index (χ3v) is 10.4.